The fraction of sp³-hybridized carbons (Fsp3) is 0.611. The number of thioether (sulfide) groups is 1. The lowest BCUT2D eigenvalue weighted by atomic mass is 9.89. The summed E-state index contributed by atoms with van der Waals surface area (Å²) in [6.07, 6.45) is 5.11. The van der Waals surface area contributed by atoms with Crippen LogP contribution in [0.25, 0.3) is 10.2 Å². The zero-order valence-electron chi connectivity index (χ0n) is 14.8. The number of fused-ring (bicyclic) bond motifs is 3. The molecule has 24 heavy (non-hydrogen) atoms. The predicted molar refractivity (Wildman–Crippen MR) is 102 cm³/mol. The van der Waals surface area contributed by atoms with Gasteiger partial charge in [0.05, 0.1) is 5.75 Å². The van der Waals surface area contributed by atoms with Gasteiger partial charge in [-0.3, -0.25) is 4.79 Å². The van der Waals surface area contributed by atoms with Crippen molar-refractivity contribution in [1.82, 2.24) is 15.3 Å². The fourth-order valence-corrected chi connectivity index (χ4v) is 5.20. The predicted octanol–water partition coefficient (Wildman–Crippen LogP) is 4.07. The third-order valence-corrected chi connectivity index (χ3v) is 6.94. The highest BCUT2D eigenvalue weighted by molar-refractivity contribution is 8.00. The molecule has 4 nitrogen and oxygen atoms in total. The molecule has 1 N–H and O–H groups in total. The maximum atomic E-state index is 12.2. The zero-order chi connectivity index (χ0) is 17.3. The molecule has 0 radical (unpaired) electrons. The van der Waals surface area contributed by atoms with E-state index in [1.165, 1.54) is 34.0 Å². The molecule has 0 fully saturated rings. The SMILES string of the molecule is CC(C)[C@H](C)NC(=O)CSc1ncnc2sc3c(c12)CC[C@@H](C)C3. The first-order valence-electron chi connectivity index (χ1n) is 8.63. The molecule has 3 rings (SSSR count). The van der Waals surface area contributed by atoms with Gasteiger partial charge in [-0.2, -0.15) is 0 Å². The van der Waals surface area contributed by atoms with Gasteiger partial charge in [0, 0.05) is 16.3 Å². The van der Waals surface area contributed by atoms with Crippen LogP contribution in [0, 0.1) is 11.8 Å². The Morgan fingerprint density at radius 1 is 1.42 bits per heavy atom. The Hall–Kier alpha value is -1.14. The lowest BCUT2D eigenvalue weighted by molar-refractivity contribution is -0.119. The van der Waals surface area contributed by atoms with Crippen molar-refractivity contribution in [2.24, 2.45) is 11.8 Å². The first-order chi connectivity index (χ1) is 11.5. The fourth-order valence-electron chi connectivity index (χ4n) is 2.95. The van der Waals surface area contributed by atoms with E-state index in [0.717, 1.165) is 28.6 Å². The zero-order valence-corrected chi connectivity index (χ0v) is 16.4. The molecule has 2 aromatic rings. The van der Waals surface area contributed by atoms with Crippen LogP contribution < -0.4 is 5.32 Å². The highest BCUT2D eigenvalue weighted by Crippen LogP contribution is 2.40. The molecule has 0 aliphatic heterocycles. The molecule has 1 aliphatic rings. The topological polar surface area (TPSA) is 54.9 Å². The van der Waals surface area contributed by atoms with Gasteiger partial charge in [0.15, 0.2) is 0 Å². The molecule has 1 amide bonds. The minimum Gasteiger partial charge on any atom is -0.353 e. The first kappa shape index (κ1) is 17.7. The first-order valence-corrected chi connectivity index (χ1v) is 10.4. The van der Waals surface area contributed by atoms with Crippen molar-refractivity contribution in [3.05, 3.63) is 16.8 Å². The molecular weight excluding hydrogens is 338 g/mol. The van der Waals surface area contributed by atoms with Crippen molar-refractivity contribution in [1.29, 1.82) is 0 Å². The average Bonchev–Trinajstić information content (AvgIpc) is 2.90. The largest absolute Gasteiger partial charge is 0.353 e. The Kier molecular flexibility index (Phi) is 5.45. The van der Waals surface area contributed by atoms with E-state index in [1.807, 2.05) is 6.92 Å². The second kappa shape index (κ2) is 7.40. The van der Waals surface area contributed by atoms with Gasteiger partial charge in [-0.15, -0.1) is 11.3 Å². The second-order valence-electron chi connectivity index (χ2n) is 7.10. The number of carbonyl (C=O) groups is 1. The van der Waals surface area contributed by atoms with Gasteiger partial charge in [-0.05, 0) is 43.6 Å². The third-order valence-electron chi connectivity index (χ3n) is 4.79. The molecule has 0 saturated heterocycles. The minimum absolute atomic E-state index is 0.0747. The molecule has 0 aromatic carbocycles. The van der Waals surface area contributed by atoms with Gasteiger partial charge < -0.3 is 5.32 Å². The van der Waals surface area contributed by atoms with E-state index < -0.39 is 0 Å². The number of aryl methyl sites for hydroxylation is 1. The number of carbonyl (C=O) groups excluding carboxylic acids is 1. The van der Waals surface area contributed by atoms with Crippen LogP contribution in [0.4, 0.5) is 0 Å². The number of amides is 1. The second-order valence-corrected chi connectivity index (χ2v) is 9.15. The molecule has 6 heteroatoms. The van der Waals surface area contributed by atoms with Gasteiger partial charge in [-0.1, -0.05) is 32.5 Å². The summed E-state index contributed by atoms with van der Waals surface area (Å²) in [5.74, 6) is 1.67. The van der Waals surface area contributed by atoms with Crippen molar-refractivity contribution < 1.29 is 4.79 Å². The standard InChI is InChI=1S/C18H25N3OS2/c1-10(2)12(4)21-15(22)8-23-17-16-13-6-5-11(3)7-14(13)24-18(16)20-9-19-17/h9-12H,5-8H2,1-4H3,(H,21,22)/t11-,12+/m1/s1. The third kappa shape index (κ3) is 3.75. The number of rotatable bonds is 5. The van der Waals surface area contributed by atoms with Crippen LogP contribution in [0.2, 0.25) is 0 Å². The number of hydrogen-bond donors (Lipinski definition) is 1. The maximum Gasteiger partial charge on any atom is 0.230 e. The Morgan fingerprint density at radius 3 is 2.96 bits per heavy atom. The number of thiophene rings is 1. The summed E-state index contributed by atoms with van der Waals surface area (Å²) in [5, 5.41) is 5.21. The molecule has 0 spiro atoms. The van der Waals surface area contributed by atoms with Crippen LogP contribution in [0.3, 0.4) is 0 Å². The van der Waals surface area contributed by atoms with Crippen LogP contribution >= 0.6 is 23.1 Å². The van der Waals surface area contributed by atoms with Crippen LogP contribution in [0.1, 0.15) is 44.6 Å². The molecule has 2 aromatic heterocycles. The van der Waals surface area contributed by atoms with Crippen molar-refractivity contribution in [2.45, 2.75) is 58.0 Å². The molecule has 0 unspecified atom stereocenters. The Labute approximate surface area is 151 Å². The van der Waals surface area contributed by atoms with E-state index in [4.69, 9.17) is 0 Å². The number of nitrogens with one attached hydrogen (secondary N) is 1. The van der Waals surface area contributed by atoms with Gasteiger partial charge in [0.2, 0.25) is 5.91 Å². The van der Waals surface area contributed by atoms with Crippen molar-refractivity contribution in [2.75, 3.05) is 5.75 Å². The van der Waals surface area contributed by atoms with Crippen LogP contribution in [-0.2, 0) is 17.6 Å². The number of aromatic nitrogens is 2. The summed E-state index contributed by atoms with van der Waals surface area (Å²) >= 11 is 3.33. The van der Waals surface area contributed by atoms with E-state index in [9.17, 15) is 4.79 Å². The average molecular weight is 364 g/mol. The van der Waals surface area contributed by atoms with E-state index in [0.29, 0.717) is 11.7 Å². The number of hydrogen-bond acceptors (Lipinski definition) is 5. The van der Waals surface area contributed by atoms with Crippen LogP contribution in [-0.4, -0.2) is 27.7 Å². The molecule has 130 valence electrons. The summed E-state index contributed by atoms with van der Waals surface area (Å²) in [4.78, 5) is 23.6. The smallest absolute Gasteiger partial charge is 0.230 e. The van der Waals surface area contributed by atoms with E-state index in [2.05, 4.69) is 36.1 Å². The highest BCUT2D eigenvalue weighted by Gasteiger charge is 2.23. The molecule has 2 atom stereocenters. The minimum atomic E-state index is 0.0747. The van der Waals surface area contributed by atoms with E-state index >= 15 is 0 Å². The summed E-state index contributed by atoms with van der Waals surface area (Å²) in [6, 6.07) is 0.193. The summed E-state index contributed by atoms with van der Waals surface area (Å²) in [5.41, 5.74) is 1.42. The van der Waals surface area contributed by atoms with Gasteiger partial charge in [0.1, 0.15) is 16.2 Å². The lowest BCUT2D eigenvalue weighted by Crippen LogP contribution is -2.37. The van der Waals surface area contributed by atoms with Gasteiger partial charge in [0.25, 0.3) is 0 Å². The lowest BCUT2D eigenvalue weighted by Gasteiger charge is -2.18. The summed E-state index contributed by atoms with van der Waals surface area (Å²) in [7, 11) is 0. The molecule has 0 bridgehead atoms. The summed E-state index contributed by atoms with van der Waals surface area (Å²) in [6.45, 7) is 8.59. The van der Waals surface area contributed by atoms with Crippen molar-refractivity contribution in [3.8, 4) is 0 Å². The summed E-state index contributed by atoms with van der Waals surface area (Å²) < 4.78 is 0. The van der Waals surface area contributed by atoms with E-state index in [1.54, 1.807) is 17.7 Å². The number of nitrogens with zero attached hydrogens (tertiary/aromatic N) is 2. The normalized spacial score (nSPS) is 18.6. The maximum absolute atomic E-state index is 12.2. The highest BCUT2D eigenvalue weighted by atomic mass is 32.2. The Morgan fingerprint density at radius 2 is 2.21 bits per heavy atom. The van der Waals surface area contributed by atoms with Gasteiger partial charge in [-0.25, -0.2) is 9.97 Å². The van der Waals surface area contributed by atoms with Crippen molar-refractivity contribution in [3.63, 3.8) is 0 Å². The molecular formula is C18H25N3OS2. The Bertz CT molecular complexity index is 741. The van der Waals surface area contributed by atoms with Crippen LogP contribution in [0.15, 0.2) is 11.4 Å². The molecule has 0 saturated carbocycles. The molecule has 1 aliphatic carbocycles. The van der Waals surface area contributed by atoms with E-state index in [-0.39, 0.29) is 11.9 Å². The van der Waals surface area contributed by atoms with Gasteiger partial charge >= 0.3 is 0 Å². The van der Waals surface area contributed by atoms with Crippen molar-refractivity contribution >= 4 is 39.2 Å². The quantitative estimate of drug-likeness (QED) is 0.643. The van der Waals surface area contributed by atoms with Crippen LogP contribution in [0.5, 0.6) is 0 Å². The Balaban J connectivity index is 1.77. The monoisotopic (exact) mass is 363 g/mol. The molecule has 2 heterocycles.